The van der Waals surface area contributed by atoms with E-state index in [0.29, 0.717) is 32.1 Å². The first kappa shape index (κ1) is 124. The summed E-state index contributed by atoms with van der Waals surface area (Å²) in [5.41, 5.74) is -7.12. The van der Waals surface area contributed by atoms with E-state index >= 15 is 0 Å². The zero-order valence-electron chi connectivity index (χ0n) is 86.1. The fourth-order valence-electron chi connectivity index (χ4n) is 17.6. The van der Waals surface area contributed by atoms with Crippen LogP contribution in [0.25, 0.3) is 0 Å². The monoisotopic (exact) mass is 1990 g/mol. The van der Waals surface area contributed by atoms with Gasteiger partial charge in [-0.05, 0) is 66.7 Å². The van der Waals surface area contributed by atoms with Crippen LogP contribution in [0.15, 0.2) is 0 Å². The molecule has 0 N–H and O–H groups in total. The molecule has 45 nitrogen and oxygen atoms in total. The smallest absolute Gasteiger partial charge is 0.338 e. The molecule has 0 saturated carbocycles. The van der Waals surface area contributed by atoms with Crippen LogP contribution in [-0.4, -0.2) is 305 Å². The van der Waals surface area contributed by atoms with Crippen molar-refractivity contribution in [3.8, 4) is 0 Å². The van der Waals surface area contributed by atoms with Crippen molar-refractivity contribution < 1.29 is 214 Å². The van der Waals surface area contributed by atoms with E-state index in [9.17, 15) is 95.9 Å². The van der Waals surface area contributed by atoms with Crippen LogP contribution in [-0.2, 0) is 214 Å². The minimum Gasteiger partial charge on any atom is -0.467 e. The van der Waals surface area contributed by atoms with Crippen molar-refractivity contribution in [1.82, 2.24) is 0 Å². The molecule has 0 aromatic carbocycles. The van der Waals surface area contributed by atoms with Crippen LogP contribution >= 0.6 is 0 Å². The highest BCUT2D eigenvalue weighted by atomic mass is 16.7. The third-order valence-electron chi connectivity index (χ3n) is 23.9. The van der Waals surface area contributed by atoms with Crippen molar-refractivity contribution in [2.45, 2.75) is 415 Å². The number of hydrogen-bond acceptors (Lipinski definition) is 45. The molecule has 6 heterocycles. The summed E-state index contributed by atoms with van der Waals surface area (Å²) in [6.45, 7) is 40.9. The number of hydrogen-bond donors (Lipinski definition) is 0. The second-order valence-corrected chi connectivity index (χ2v) is 35.6. The maximum Gasteiger partial charge on any atom is 0.338 e. The van der Waals surface area contributed by atoms with Crippen LogP contribution in [0.5, 0.6) is 0 Å². The van der Waals surface area contributed by atoms with Gasteiger partial charge in [0.15, 0.2) is 58.5 Å². The molecule has 0 radical (unpaired) electrons. The molecular formula is C94H146O45. The first-order valence-corrected chi connectivity index (χ1v) is 45.8. The zero-order chi connectivity index (χ0) is 107. The Kier molecular flexibility index (Phi) is 50.1. The van der Waals surface area contributed by atoms with Gasteiger partial charge in [0.25, 0.3) is 0 Å². The summed E-state index contributed by atoms with van der Waals surface area (Å²) < 4.78 is 135. The molecule has 5 unspecified atom stereocenters. The summed E-state index contributed by atoms with van der Waals surface area (Å²) in [7, 11) is 6.13. The molecule has 6 saturated heterocycles. The molecule has 0 aliphatic carbocycles. The van der Waals surface area contributed by atoms with Gasteiger partial charge in [0, 0.05) is 159 Å². The lowest BCUT2D eigenvalue weighted by molar-refractivity contribution is -0.243. The number of rotatable bonds is 34. The Morgan fingerprint density at radius 1 is 0.266 bits per heavy atom. The van der Waals surface area contributed by atoms with Gasteiger partial charge in [0.2, 0.25) is 0 Å². The Labute approximate surface area is 810 Å². The van der Waals surface area contributed by atoms with E-state index in [0.717, 1.165) is 0 Å². The van der Waals surface area contributed by atoms with E-state index in [4.69, 9.17) is 118 Å². The van der Waals surface area contributed by atoms with Crippen molar-refractivity contribution in [3.05, 3.63) is 0 Å². The van der Waals surface area contributed by atoms with Crippen LogP contribution in [0.3, 0.4) is 0 Å². The second-order valence-electron chi connectivity index (χ2n) is 35.6. The zero-order valence-corrected chi connectivity index (χ0v) is 86.1. The van der Waals surface area contributed by atoms with Crippen molar-refractivity contribution >= 4 is 119 Å². The average molecular weight is 2000 g/mol. The third kappa shape index (κ3) is 36.7. The van der Waals surface area contributed by atoms with Crippen LogP contribution in [0.4, 0.5) is 0 Å². The highest BCUT2D eigenvalue weighted by Gasteiger charge is 2.62. The van der Waals surface area contributed by atoms with Gasteiger partial charge >= 0.3 is 119 Å². The van der Waals surface area contributed by atoms with Crippen LogP contribution < -0.4 is 0 Å². The van der Waals surface area contributed by atoms with E-state index in [1.54, 1.807) is 62.3 Å². The Morgan fingerprint density at radius 2 is 0.432 bits per heavy atom. The number of fused-ring (bicyclic) bond motifs is 1. The topological polar surface area (TPSA) is 572 Å². The van der Waals surface area contributed by atoms with Gasteiger partial charge in [0.05, 0.1) is 42.0 Å². The summed E-state index contributed by atoms with van der Waals surface area (Å²) in [5.74, 6) is -13.6. The Bertz CT molecular complexity index is 3820. The quantitative estimate of drug-likeness (QED) is 0.0457. The van der Waals surface area contributed by atoms with Gasteiger partial charge in [0.1, 0.15) is 91.6 Å². The summed E-state index contributed by atoms with van der Waals surface area (Å²) in [6.07, 6.45) is -14.5. The molecule has 30 atom stereocenters. The predicted octanol–water partition coefficient (Wildman–Crippen LogP) is 7.10. The molecule has 0 aromatic rings. The summed E-state index contributed by atoms with van der Waals surface area (Å²) in [4.78, 5) is 236. The maximum atomic E-state index is 12.4. The Hall–Kier alpha value is -10.8. The van der Waals surface area contributed by atoms with Gasteiger partial charge in [-0.3, -0.25) is 71.9 Å². The highest BCUT2D eigenvalue weighted by Crippen LogP contribution is 2.47. The lowest BCUT2D eigenvalue weighted by Crippen LogP contribution is -2.60. The lowest BCUT2D eigenvalue weighted by atomic mass is 9.79. The molecule has 0 amide bonds. The molecule has 45 heteroatoms. The second kappa shape index (κ2) is 56.0. The van der Waals surface area contributed by atoms with Gasteiger partial charge in [-0.1, -0.05) is 62.3 Å². The normalized spacial score (nSPS) is 29.7. The number of carbonyl (C=O) groups is 20. The number of methoxy groups -OCH3 is 5. The minimum absolute atomic E-state index is 0.0564. The largest absolute Gasteiger partial charge is 0.467 e. The number of esters is 20. The molecule has 0 aromatic heterocycles. The van der Waals surface area contributed by atoms with Gasteiger partial charge < -0.3 is 118 Å². The standard InChI is InChI=1S/4C19H30O9.C18H26O9/c4*1-8-14(25-11(3)20)17(27-13(5)22)16-10(2)15(26-12(4)21)9-19(6,28-16)18(23)24-7;1-6-12(24-9(2)19)16(25-10(3)20)15-11-7-14(21)26-13(11)8-18(4,27-15)17(22)23-5/h4*10,14-17H,8-9H2,1-7H3;11-13,15-16H,6-8H2,1-5H3/t2*10-,14-,15-,16?,17-,19+;2*10-,14-,15-,16?,17-,19-;11-,12-,13-,15?,16-,18-/m11111/s1. The molecule has 139 heavy (non-hydrogen) atoms. The average Bonchev–Trinajstić information content (AvgIpc) is 1.08. The van der Waals surface area contributed by atoms with Gasteiger partial charge in [-0.15, -0.1) is 0 Å². The van der Waals surface area contributed by atoms with E-state index < -0.39 is 299 Å². The Morgan fingerprint density at radius 3 is 0.590 bits per heavy atom. The molecule has 6 aliphatic heterocycles. The predicted molar refractivity (Wildman–Crippen MR) is 473 cm³/mol. The van der Waals surface area contributed by atoms with Gasteiger partial charge in [-0.2, -0.15) is 0 Å². The highest BCUT2D eigenvalue weighted by molar-refractivity contribution is 5.83. The van der Waals surface area contributed by atoms with Crippen molar-refractivity contribution in [1.29, 1.82) is 0 Å². The van der Waals surface area contributed by atoms with Gasteiger partial charge in [-0.25, -0.2) is 24.0 Å². The van der Waals surface area contributed by atoms with Crippen molar-refractivity contribution in [2.75, 3.05) is 35.5 Å². The summed E-state index contributed by atoms with van der Waals surface area (Å²) in [5, 5.41) is 0. The van der Waals surface area contributed by atoms with E-state index in [1.807, 2.05) is 0 Å². The third-order valence-corrected chi connectivity index (χ3v) is 23.9. The van der Waals surface area contributed by atoms with Crippen molar-refractivity contribution in [3.63, 3.8) is 0 Å². The molecular weight excluding hydrogens is 1850 g/mol. The molecule has 6 fully saturated rings. The summed E-state index contributed by atoms with van der Waals surface area (Å²) >= 11 is 0. The maximum absolute atomic E-state index is 12.4. The fraction of sp³-hybridized carbons (Fsp3) is 0.787. The summed E-state index contributed by atoms with van der Waals surface area (Å²) in [6, 6.07) is 0. The fourth-order valence-corrected chi connectivity index (χ4v) is 17.6. The first-order chi connectivity index (χ1) is 64.4. The van der Waals surface area contributed by atoms with E-state index in [1.165, 1.54) is 167 Å². The molecule has 6 aliphatic rings. The SMILES string of the molecule is CC[C@@H](OC(C)=O)[C@@H](OC(C)=O)C1O[C@@](C)(C(=O)OC)C[C@@H](OC(C)=O)[C@H]1C.CC[C@@H](OC(C)=O)[C@@H](OC(C)=O)C1O[C@@](C)(C(=O)OC)C[C@@H](OC(C)=O)[C@H]1C.CC[C@@H](OC(C)=O)[C@@H](OC(C)=O)C1O[C@@](C)(C(=O)OC)C[C@H]2OC(=O)C[C@@H]12.CC[C@@H](OC(C)=O)[C@@H](OC(C)=O)C1O[C@](C)(C(=O)OC)C[C@@H](OC(C)=O)[C@H]1C.CC[C@@H](OC(C)=O)[C@@H](OC(C)=O)C1O[C@](C)(C(=O)OC)C[C@@H](OC(C)=O)[C@H]1C. The first-order valence-electron chi connectivity index (χ1n) is 45.8. The lowest BCUT2D eigenvalue weighted by Gasteiger charge is -2.47. The van der Waals surface area contributed by atoms with Crippen molar-refractivity contribution in [2.24, 2.45) is 29.6 Å². The molecule has 6 rings (SSSR count). The van der Waals surface area contributed by atoms with Crippen LogP contribution in [0.1, 0.15) is 264 Å². The van der Waals surface area contributed by atoms with E-state index in [2.05, 4.69) is 0 Å². The van der Waals surface area contributed by atoms with Crippen LogP contribution in [0.2, 0.25) is 0 Å². The Balaban J connectivity index is 0.000000588. The minimum atomic E-state index is -1.43. The number of ether oxygens (including phenoxy) is 25. The van der Waals surface area contributed by atoms with E-state index in [-0.39, 0.29) is 38.5 Å². The number of carbonyl (C=O) groups excluding carboxylic acids is 20. The molecule has 0 bridgehead atoms. The molecule has 792 valence electrons. The van der Waals surface area contributed by atoms with Crippen LogP contribution in [0, 0.1) is 29.6 Å². The molecule has 0 spiro atoms.